The first-order valence-corrected chi connectivity index (χ1v) is 11.2. The van der Waals surface area contributed by atoms with Crippen LogP contribution in [0, 0.1) is 5.92 Å². The van der Waals surface area contributed by atoms with Gasteiger partial charge in [-0.25, -0.2) is 18.4 Å². The van der Waals surface area contributed by atoms with E-state index in [4.69, 9.17) is 4.98 Å². The maximum atomic E-state index is 12.8. The second-order valence-corrected chi connectivity index (χ2v) is 10.3. The molecule has 142 valence electrons. The molecule has 1 aromatic rings. The zero-order valence-corrected chi connectivity index (χ0v) is 16.2. The molecule has 0 aliphatic carbocycles. The van der Waals surface area contributed by atoms with Crippen LogP contribution in [0.5, 0.6) is 0 Å². The number of hydrogen-bond acceptors (Lipinski definition) is 6. The Bertz CT molecular complexity index is 818. The first kappa shape index (κ1) is 17.7. The van der Waals surface area contributed by atoms with Crippen LogP contribution in [0.1, 0.15) is 50.3 Å². The fourth-order valence-corrected chi connectivity index (χ4v) is 6.31. The Hall–Kier alpha value is -1.70. The number of sulfone groups is 1. The summed E-state index contributed by atoms with van der Waals surface area (Å²) in [5, 5.41) is -0.535. The predicted octanol–water partition coefficient (Wildman–Crippen LogP) is 1.35. The number of carbonyl (C=O) groups is 1. The van der Waals surface area contributed by atoms with Crippen molar-refractivity contribution in [3.63, 3.8) is 0 Å². The Morgan fingerprint density at radius 1 is 1.27 bits per heavy atom. The van der Waals surface area contributed by atoms with E-state index in [1.54, 1.807) is 11.1 Å². The van der Waals surface area contributed by atoms with Crippen molar-refractivity contribution in [3.05, 3.63) is 17.5 Å². The first-order valence-electron chi connectivity index (χ1n) is 9.45. The van der Waals surface area contributed by atoms with Crippen LogP contribution in [0.25, 0.3) is 0 Å². The van der Waals surface area contributed by atoms with Crippen LogP contribution in [0.2, 0.25) is 0 Å². The average molecular weight is 378 g/mol. The van der Waals surface area contributed by atoms with Crippen molar-refractivity contribution in [2.75, 3.05) is 31.1 Å². The molecule has 0 bridgehead atoms. The van der Waals surface area contributed by atoms with Crippen molar-refractivity contribution in [3.8, 4) is 0 Å². The third-order valence-corrected chi connectivity index (χ3v) is 7.76. The van der Waals surface area contributed by atoms with E-state index in [-0.39, 0.29) is 23.5 Å². The largest absolute Gasteiger partial charge is 0.341 e. The van der Waals surface area contributed by atoms with E-state index < -0.39 is 15.1 Å². The monoisotopic (exact) mass is 378 g/mol. The molecule has 0 radical (unpaired) electrons. The Morgan fingerprint density at radius 3 is 2.69 bits per heavy atom. The number of hydrogen-bond donors (Lipinski definition) is 0. The lowest BCUT2D eigenvalue weighted by molar-refractivity contribution is -0.130. The lowest BCUT2D eigenvalue weighted by Gasteiger charge is -2.27. The van der Waals surface area contributed by atoms with Gasteiger partial charge in [-0.1, -0.05) is 13.8 Å². The Morgan fingerprint density at radius 2 is 2.00 bits per heavy atom. The molecule has 2 atom stereocenters. The quantitative estimate of drug-likeness (QED) is 0.789. The number of amides is 1. The summed E-state index contributed by atoms with van der Waals surface area (Å²) in [5.74, 6) is 0.754. The van der Waals surface area contributed by atoms with Gasteiger partial charge in [0, 0.05) is 50.3 Å². The van der Waals surface area contributed by atoms with Crippen LogP contribution in [0.4, 0.5) is 5.95 Å². The van der Waals surface area contributed by atoms with Crippen molar-refractivity contribution in [2.45, 2.75) is 50.0 Å². The molecule has 3 aliphatic rings. The summed E-state index contributed by atoms with van der Waals surface area (Å²) in [6.45, 7) is 6.64. The predicted molar refractivity (Wildman–Crippen MR) is 98.7 cm³/mol. The Kier molecular flexibility index (Phi) is 4.41. The van der Waals surface area contributed by atoms with Gasteiger partial charge in [-0.2, -0.15) is 0 Å². The van der Waals surface area contributed by atoms with Crippen LogP contribution in [-0.2, 0) is 20.4 Å². The molecule has 0 unspecified atom stereocenters. The highest BCUT2D eigenvalue weighted by Crippen LogP contribution is 2.40. The minimum atomic E-state index is -3.29. The van der Waals surface area contributed by atoms with Crippen molar-refractivity contribution in [1.82, 2.24) is 14.9 Å². The average Bonchev–Trinajstić information content (AvgIpc) is 3.24. The van der Waals surface area contributed by atoms with E-state index in [0.717, 1.165) is 31.6 Å². The second kappa shape index (κ2) is 6.48. The molecule has 4 heterocycles. The minimum absolute atomic E-state index is 0.0179. The van der Waals surface area contributed by atoms with Crippen molar-refractivity contribution in [2.24, 2.45) is 5.92 Å². The Labute approximate surface area is 154 Å². The summed E-state index contributed by atoms with van der Waals surface area (Å²) in [5.41, 5.74) is 1.54. The van der Waals surface area contributed by atoms with Gasteiger partial charge in [0.05, 0.1) is 16.7 Å². The molecule has 2 fully saturated rings. The van der Waals surface area contributed by atoms with E-state index in [1.165, 1.54) is 0 Å². The fraction of sp³-hybridized carbons (Fsp3) is 0.722. The molecule has 8 heteroatoms. The molecule has 0 aromatic carbocycles. The standard InChI is InChI=1S/C18H26N4O3S/c1-12(2)7-16(23)22-9-14-15(10-22)26(24,25)11-13-8-19-18(20-17(13)14)21-5-3-4-6-21/h8,12,14-15H,3-7,9-11H2,1-2H3/t14-,15+/m1/s1. The summed E-state index contributed by atoms with van der Waals surface area (Å²) in [4.78, 5) is 25.6. The number of anilines is 1. The van der Waals surface area contributed by atoms with Crippen LogP contribution >= 0.6 is 0 Å². The molecule has 7 nitrogen and oxygen atoms in total. The molecule has 2 saturated heterocycles. The third kappa shape index (κ3) is 3.08. The molecular weight excluding hydrogens is 352 g/mol. The van der Waals surface area contributed by atoms with E-state index in [2.05, 4.69) is 9.88 Å². The van der Waals surface area contributed by atoms with Gasteiger partial charge in [0.25, 0.3) is 0 Å². The molecule has 1 amide bonds. The summed E-state index contributed by atoms with van der Waals surface area (Å²) in [6.07, 6.45) is 4.41. The van der Waals surface area contributed by atoms with E-state index in [1.807, 2.05) is 13.8 Å². The molecule has 0 saturated carbocycles. The summed E-state index contributed by atoms with van der Waals surface area (Å²) in [6, 6.07) is 0. The molecule has 1 aromatic heterocycles. The lowest BCUT2D eigenvalue weighted by Crippen LogP contribution is -2.36. The third-order valence-electron chi connectivity index (χ3n) is 5.65. The molecule has 0 N–H and O–H groups in total. The zero-order chi connectivity index (χ0) is 18.5. The van der Waals surface area contributed by atoms with Crippen LogP contribution < -0.4 is 4.90 Å². The number of fused-ring (bicyclic) bond motifs is 3. The highest BCUT2D eigenvalue weighted by atomic mass is 32.2. The molecular formula is C18H26N4O3S. The SMILES string of the molecule is CC(C)CC(=O)N1C[C@H]2c3nc(N4CCCC4)ncc3CS(=O)(=O)[C@H]2C1. The highest BCUT2D eigenvalue weighted by molar-refractivity contribution is 7.91. The normalized spacial score (nSPS) is 26.9. The van der Waals surface area contributed by atoms with Gasteiger partial charge < -0.3 is 9.80 Å². The van der Waals surface area contributed by atoms with Crippen molar-refractivity contribution >= 4 is 21.7 Å². The van der Waals surface area contributed by atoms with E-state index >= 15 is 0 Å². The van der Waals surface area contributed by atoms with Gasteiger partial charge in [-0.05, 0) is 18.8 Å². The van der Waals surface area contributed by atoms with Gasteiger partial charge in [-0.3, -0.25) is 4.79 Å². The fourth-order valence-electron chi connectivity index (χ4n) is 4.32. The number of nitrogens with zero attached hydrogens (tertiary/aromatic N) is 4. The zero-order valence-electron chi connectivity index (χ0n) is 15.4. The van der Waals surface area contributed by atoms with Gasteiger partial charge in [0.2, 0.25) is 11.9 Å². The number of carbonyl (C=O) groups excluding carboxylic acids is 1. The van der Waals surface area contributed by atoms with Crippen LogP contribution in [0.3, 0.4) is 0 Å². The number of rotatable bonds is 3. The van der Waals surface area contributed by atoms with Crippen LogP contribution in [-0.4, -0.2) is 60.6 Å². The van der Waals surface area contributed by atoms with Gasteiger partial charge in [0.1, 0.15) is 0 Å². The summed E-state index contributed by atoms with van der Waals surface area (Å²) >= 11 is 0. The molecule has 0 spiro atoms. The van der Waals surface area contributed by atoms with E-state index in [0.29, 0.717) is 31.0 Å². The smallest absolute Gasteiger partial charge is 0.225 e. The van der Waals surface area contributed by atoms with Crippen molar-refractivity contribution in [1.29, 1.82) is 0 Å². The summed E-state index contributed by atoms with van der Waals surface area (Å²) in [7, 11) is -3.29. The number of likely N-dealkylation sites (tertiary alicyclic amines) is 1. The lowest BCUT2D eigenvalue weighted by atomic mass is 10.00. The topological polar surface area (TPSA) is 83.5 Å². The Balaban J connectivity index is 1.66. The molecule has 3 aliphatic heterocycles. The molecule has 26 heavy (non-hydrogen) atoms. The number of aromatic nitrogens is 2. The van der Waals surface area contributed by atoms with Gasteiger partial charge >= 0.3 is 0 Å². The van der Waals surface area contributed by atoms with Gasteiger partial charge in [-0.15, -0.1) is 0 Å². The maximum Gasteiger partial charge on any atom is 0.225 e. The highest BCUT2D eigenvalue weighted by Gasteiger charge is 2.48. The second-order valence-electron chi connectivity index (χ2n) is 8.12. The van der Waals surface area contributed by atoms with Gasteiger partial charge in [0.15, 0.2) is 9.84 Å². The van der Waals surface area contributed by atoms with Crippen LogP contribution in [0.15, 0.2) is 6.20 Å². The van der Waals surface area contributed by atoms with Crippen molar-refractivity contribution < 1.29 is 13.2 Å². The minimum Gasteiger partial charge on any atom is -0.341 e. The first-order chi connectivity index (χ1) is 12.3. The maximum absolute atomic E-state index is 12.8. The van der Waals surface area contributed by atoms with E-state index in [9.17, 15) is 13.2 Å². The summed E-state index contributed by atoms with van der Waals surface area (Å²) < 4.78 is 25.5. The molecule has 4 rings (SSSR count).